The molecule has 4 aliphatic carbocycles. The van der Waals surface area contributed by atoms with Crippen molar-refractivity contribution in [2.75, 3.05) is 52.4 Å². The molecular formula is C26H44N4O2. The molecule has 0 spiro atoms. The summed E-state index contributed by atoms with van der Waals surface area (Å²) in [6, 6.07) is -0.383. The summed E-state index contributed by atoms with van der Waals surface area (Å²) in [6.45, 7) is 12.4. The SMILES string of the molecule is CC(C)C(NC(=O)C12CC3CC(CC(C3)C1)C2)C(=O)N1CCN(CCN2CCCC2)CC1. The monoisotopic (exact) mass is 444 g/mol. The molecule has 4 saturated carbocycles. The third kappa shape index (κ3) is 4.59. The third-order valence-electron chi connectivity index (χ3n) is 9.35. The van der Waals surface area contributed by atoms with Crippen molar-refractivity contribution in [3.05, 3.63) is 0 Å². The van der Waals surface area contributed by atoms with Gasteiger partial charge in [-0.25, -0.2) is 0 Å². The van der Waals surface area contributed by atoms with Gasteiger partial charge >= 0.3 is 0 Å². The molecule has 2 aliphatic heterocycles. The molecule has 6 rings (SSSR count). The van der Waals surface area contributed by atoms with E-state index < -0.39 is 0 Å². The smallest absolute Gasteiger partial charge is 0.245 e. The quantitative estimate of drug-likeness (QED) is 0.656. The lowest BCUT2D eigenvalue weighted by Gasteiger charge is -2.56. The van der Waals surface area contributed by atoms with Crippen molar-refractivity contribution in [1.29, 1.82) is 0 Å². The number of carbonyl (C=O) groups excluding carboxylic acids is 2. The van der Waals surface area contributed by atoms with E-state index in [4.69, 9.17) is 0 Å². The van der Waals surface area contributed by atoms with Gasteiger partial charge in [0.15, 0.2) is 0 Å². The van der Waals surface area contributed by atoms with Crippen molar-refractivity contribution >= 4 is 11.8 Å². The average molecular weight is 445 g/mol. The highest BCUT2D eigenvalue weighted by Gasteiger charge is 2.55. The average Bonchev–Trinajstić information content (AvgIpc) is 3.28. The molecule has 6 heteroatoms. The van der Waals surface area contributed by atoms with Crippen LogP contribution in [-0.4, -0.2) is 84.9 Å². The summed E-state index contributed by atoms with van der Waals surface area (Å²) in [5, 5.41) is 3.29. The normalized spacial score (nSPS) is 36.1. The largest absolute Gasteiger partial charge is 0.344 e. The second-order valence-electron chi connectivity index (χ2n) is 12.1. The van der Waals surface area contributed by atoms with Crippen LogP contribution in [0.4, 0.5) is 0 Å². The number of nitrogens with one attached hydrogen (secondary N) is 1. The summed E-state index contributed by atoms with van der Waals surface area (Å²) in [4.78, 5) is 34.1. The van der Waals surface area contributed by atoms with Crippen molar-refractivity contribution in [3.8, 4) is 0 Å². The number of hydrogen-bond donors (Lipinski definition) is 1. The van der Waals surface area contributed by atoms with Gasteiger partial charge in [-0.05, 0) is 88.1 Å². The van der Waals surface area contributed by atoms with E-state index in [1.807, 2.05) is 4.90 Å². The van der Waals surface area contributed by atoms with Gasteiger partial charge in [0.2, 0.25) is 11.8 Å². The molecule has 0 aromatic carbocycles. The Kier molecular flexibility index (Phi) is 6.54. The van der Waals surface area contributed by atoms with Crippen molar-refractivity contribution in [3.63, 3.8) is 0 Å². The van der Waals surface area contributed by atoms with Gasteiger partial charge in [-0.15, -0.1) is 0 Å². The maximum absolute atomic E-state index is 13.6. The second-order valence-corrected chi connectivity index (χ2v) is 12.1. The fraction of sp³-hybridized carbons (Fsp3) is 0.923. The Hall–Kier alpha value is -1.14. The van der Waals surface area contributed by atoms with Gasteiger partial charge in [0.05, 0.1) is 0 Å². The minimum absolute atomic E-state index is 0.119. The Bertz CT molecular complexity index is 659. The van der Waals surface area contributed by atoms with Crippen LogP contribution in [0.3, 0.4) is 0 Å². The molecule has 32 heavy (non-hydrogen) atoms. The standard InChI is InChI=1S/C26H44N4O2/c1-19(2)23(27-25(32)26-16-20-13-21(17-26)15-22(14-20)18-26)24(31)30-11-9-29(10-12-30)8-7-28-5-3-4-6-28/h19-23H,3-18H2,1-2H3,(H,27,32). The van der Waals surface area contributed by atoms with E-state index >= 15 is 0 Å². The molecule has 2 heterocycles. The highest BCUT2D eigenvalue weighted by molar-refractivity contribution is 5.90. The van der Waals surface area contributed by atoms with Crippen LogP contribution in [0.1, 0.15) is 65.2 Å². The number of piperazine rings is 1. The fourth-order valence-electron chi connectivity index (χ4n) is 7.87. The fourth-order valence-corrected chi connectivity index (χ4v) is 7.87. The molecule has 2 amide bonds. The van der Waals surface area contributed by atoms with E-state index in [0.29, 0.717) is 0 Å². The van der Waals surface area contributed by atoms with Crippen LogP contribution < -0.4 is 5.32 Å². The van der Waals surface area contributed by atoms with Crippen LogP contribution in [0.2, 0.25) is 0 Å². The zero-order valence-corrected chi connectivity index (χ0v) is 20.4. The Morgan fingerprint density at radius 2 is 1.31 bits per heavy atom. The highest BCUT2D eigenvalue weighted by atomic mass is 16.2. The molecule has 180 valence electrons. The molecule has 6 aliphatic rings. The molecule has 0 aromatic heterocycles. The van der Waals surface area contributed by atoms with Gasteiger partial charge < -0.3 is 15.1 Å². The van der Waals surface area contributed by atoms with Crippen molar-refractivity contribution < 1.29 is 9.59 Å². The van der Waals surface area contributed by atoms with Gasteiger partial charge in [0, 0.05) is 44.7 Å². The number of amides is 2. The zero-order valence-electron chi connectivity index (χ0n) is 20.4. The van der Waals surface area contributed by atoms with Gasteiger partial charge in [-0.3, -0.25) is 14.5 Å². The van der Waals surface area contributed by atoms with E-state index in [-0.39, 0.29) is 29.2 Å². The third-order valence-corrected chi connectivity index (χ3v) is 9.35. The van der Waals surface area contributed by atoms with Gasteiger partial charge in [-0.2, -0.15) is 0 Å². The summed E-state index contributed by atoms with van der Waals surface area (Å²) in [5.41, 5.74) is -0.184. The maximum atomic E-state index is 13.6. The van der Waals surface area contributed by atoms with E-state index in [2.05, 4.69) is 29.0 Å². The molecule has 2 saturated heterocycles. The van der Waals surface area contributed by atoms with Crippen LogP contribution in [0, 0.1) is 29.1 Å². The Labute approximate surface area is 194 Å². The van der Waals surface area contributed by atoms with Gasteiger partial charge in [0.25, 0.3) is 0 Å². The topological polar surface area (TPSA) is 55.9 Å². The van der Waals surface area contributed by atoms with Crippen molar-refractivity contribution in [2.24, 2.45) is 29.1 Å². The number of likely N-dealkylation sites (tertiary alicyclic amines) is 1. The van der Waals surface area contributed by atoms with Crippen molar-refractivity contribution in [1.82, 2.24) is 20.0 Å². The van der Waals surface area contributed by atoms with Crippen molar-refractivity contribution in [2.45, 2.75) is 71.3 Å². The molecule has 0 radical (unpaired) electrons. The van der Waals surface area contributed by atoms with Crippen LogP contribution in [-0.2, 0) is 9.59 Å². The highest BCUT2D eigenvalue weighted by Crippen LogP contribution is 2.60. The zero-order chi connectivity index (χ0) is 22.3. The van der Waals surface area contributed by atoms with Crippen LogP contribution in [0.5, 0.6) is 0 Å². The lowest BCUT2D eigenvalue weighted by molar-refractivity contribution is -0.151. The first-order valence-corrected chi connectivity index (χ1v) is 13.5. The Morgan fingerprint density at radius 3 is 1.81 bits per heavy atom. The summed E-state index contributed by atoms with van der Waals surface area (Å²) in [7, 11) is 0. The maximum Gasteiger partial charge on any atom is 0.245 e. The number of rotatable bonds is 7. The molecule has 1 N–H and O–H groups in total. The Balaban J connectivity index is 1.15. The molecule has 4 bridgehead atoms. The van der Waals surface area contributed by atoms with Crippen LogP contribution in [0.25, 0.3) is 0 Å². The molecule has 1 atom stereocenters. The molecule has 1 unspecified atom stereocenters. The van der Waals surface area contributed by atoms with Crippen LogP contribution >= 0.6 is 0 Å². The minimum Gasteiger partial charge on any atom is -0.344 e. The molecule has 6 fully saturated rings. The first-order chi connectivity index (χ1) is 15.4. The first-order valence-electron chi connectivity index (χ1n) is 13.5. The number of hydrogen-bond acceptors (Lipinski definition) is 4. The summed E-state index contributed by atoms with van der Waals surface area (Å²) >= 11 is 0. The van der Waals surface area contributed by atoms with E-state index in [9.17, 15) is 9.59 Å². The molecule has 0 aromatic rings. The predicted octanol–water partition coefficient (Wildman–Crippen LogP) is 2.58. The molecular weight excluding hydrogens is 400 g/mol. The lowest BCUT2D eigenvalue weighted by Crippen LogP contribution is -2.60. The lowest BCUT2D eigenvalue weighted by atomic mass is 9.49. The second kappa shape index (κ2) is 9.25. The number of nitrogens with zero attached hydrogens (tertiary/aromatic N) is 3. The predicted molar refractivity (Wildman–Crippen MR) is 126 cm³/mol. The van der Waals surface area contributed by atoms with Crippen LogP contribution in [0.15, 0.2) is 0 Å². The summed E-state index contributed by atoms with van der Waals surface area (Å²) in [6.07, 6.45) is 9.85. The summed E-state index contributed by atoms with van der Waals surface area (Å²) < 4.78 is 0. The molecule has 6 nitrogen and oxygen atoms in total. The first kappa shape index (κ1) is 22.6. The number of carbonyl (C=O) groups is 2. The van der Waals surface area contributed by atoms with E-state index in [0.717, 1.165) is 76.3 Å². The van der Waals surface area contributed by atoms with Gasteiger partial charge in [0.1, 0.15) is 6.04 Å². The van der Waals surface area contributed by atoms with E-state index in [1.54, 1.807) is 0 Å². The Morgan fingerprint density at radius 1 is 0.812 bits per heavy atom. The van der Waals surface area contributed by atoms with E-state index in [1.165, 1.54) is 45.2 Å². The summed E-state index contributed by atoms with van der Waals surface area (Å²) in [5.74, 6) is 2.68. The van der Waals surface area contributed by atoms with Gasteiger partial charge in [-0.1, -0.05) is 13.8 Å². The minimum atomic E-state index is -0.383.